The number of imidazole rings is 1. The smallest absolute Gasteiger partial charge is 0.210 e. The summed E-state index contributed by atoms with van der Waals surface area (Å²) in [6.07, 6.45) is 3.60. The van der Waals surface area contributed by atoms with Gasteiger partial charge < -0.3 is 9.47 Å². The number of para-hydroxylation sites is 2. The Labute approximate surface area is 106 Å². The molecule has 0 aliphatic carbocycles. The van der Waals surface area contributed by atoms with Gasteiger partial charge in [0.05, 0.1) is 22.9 Å². The fourth-order valence-corrected chi connectivity index (χ4v) is 2.10. The van der Waals surface area contributed by atoms with E-state index in [0.29, 0.717) is 0 Å². The lowest BCUT2D eigenvalue weighted by Gasteiger charge is -2.17. The van der Waals surface area contributed by atoms with E-state index in [2.05, 4.69) is 20.6 Å². The number of rotatable bonds is 2. The molecule has 0 unspecified atom stereocenters. The maximum Gasteiger partial charge on any atom is 0.210 e. The lowest BCUT2D eigenvalue weighted by molar-refractivity contribution is 0.908. The van der Waals surface area contributed by atoms with Crippen molar-refractivity contribution in [1.29, 1.82) is 0 Å². The topological polar surface area (TPSA) is 34.0 Å². The first-order valence-electron chi connectivity index (χ1n) is 5.82. The van der Waals surface area contributed by atoms with E-state index in [9.17, 15) is 0 Å². The molecule has 1 aromatic carbocycles. The highest BCUT2D eigenvalue weighted by Crippen LogP contribution is 2.25. The van der Waals surface area contributed by atoms with E-state index in [1.807, 2.05) is 55.5 Å². The van der Waals surface area contributed by atoms with Crippen LogP contribution in [0.2, 0.25) is 0 Å². The molecule has 4 nitrogen and oxygen atoms in total. The standard InChI is InChI=1S/C14H14N4/c1-17(11-6-5-9-15-10-11)14-16-12-7-3-4-8-13(12)18(14)2/h3-10H,1-2H3. The van der Waals surface area contributed by atoms with Crippen molar-refractivity contribution >= 4 is 22.7 Å². The van der Waals surface area contributed by atoms with Crippen molar-refractivity contribution in [3.05, 3.63) is 48.8 Å². The highest BCUT2D eigenvalue weighted by molar-refractivity contribution is 5.79. The van der Waals surface area contributed by atoms with Crippen LogP contribution in [0.3, 0.4) is 0 Å². The van der Waals surface area contributed by atoms with E-state index in [0.717, 1.165) is 22.7 Å². The first kappa shape index (κ1) is 10.8. The van der Waals surface area contributed by atoms with Crippen LogP contribution in [-0.2, 0) is 7.05 Å². The third-order valence-corrected chi connectivity index (χ3v) is 3.10. The Hall–Kier alpha value is -2.36. The van der Waals surface area contributed by atoms with Crippen molar-refractivity contribution in [3.8, 4) is 0 Å². The molecule has 2 aromatic heterocycles. The van der Waals surface area contributed by atoms with Crippen molar-refractivity contribution in [2.45, 2.75) is 0 Å². The van der Waals surface area contributed by atoms with Gasteiger partial charge in [0.1, 0.15) is 0 Å². The third kappa shape index (κ3) is 1.62. The van der Waals surface area contributed by atoms with Gasteiger partial charge in [-0.05, 0) is 24.3 Å². The number of hydrogen-bond donors (Lipinski definition) is 0. The van der Waals surface area contributed by atoms with Crippen LogP contribution >= 0.6 is 0 Å². The predicted octanol–water partition coefficient (Wildman–Crippen LogP) is 2.74. The van der Waals surface area contributed by atoms with Gasteiger partial charge in [0.25, 0.3) is 0 Å². The molecule has 0 bridgehead atoms. The van der Waals surface area contributed by atoms with Gasteiger partial charge in [0.2, 0.25) is 5.95 Å². The van der Waals surface area contributed by atoms with Crippen molar-refractivity contribution in [2.24, 2.45) is 7.05 Å². The summed E-state index contributed by atoms with van der Waals surface area (Å²) in [6, 6.07) is 12.1. The molecule has 0 aliphatic rings. The summed E-state index contributed by atoms with van der Waals surface area (Å²) in [6.45, 7) is 0. The molecule has 0 fully saturated rings. The Balaban J connectivity index is 2.12. The fraction of sp³-hybridized carbons (Fsp3) is 0.143. The number of hydrogen-bond acceptors (Lipinski definition) is 3. The molecule has 4 heteroatoms. The van der Waals surface area contributed by atoms with Crippen molar-refractivity contribution in [2.75, 3.05) is 11.9 Å². The molecule has 0 saturated carbocycles. The van der Waals surface area contributed by atoms with Crippen LogP contribution in [0, 0.1) is 0 Å². The summed E-state index contributed by atoms with van der Waals surface area (Å²) in [5, 5.41) is 0. The molecule has 0 atom stereocenters. The van der Waals surface area contributed by atoms with E-state index < -0.39 is 0 Å². The van der Waals surface area contributed by atoms with Crippen LogP contribution in [0.25, 0.3) is 11.0 Å². The Kier molecular flexibility index (Phi) is 2.48. The summed E-state index contributed by atoms with van der Waals surface area (Å²) in [5.74, 6) is 0.907. The monoisotopic (exact) mass is 238 g/mol. The number of aryl methyl sites for hydroxylation is 1. The number of fused-ring (bicyclic) bond motifs is 1. The van der Waals surface area contributed by atoms with Gasteiger partial charge in [-0.25, -0.2) is 4.98 Å². The van der Waals surface area contributed by atoms with Gasteiger partial charge >= 0.3 is 0 Å². The van der Waals surface area contributed by atoms with Crippen LogP contribution < -0.4 is 4.90 Å². The van der Waals surface area contributed by atoms with Gasteiger partial charge in [0.15, 0.2) is 0 Å². The van der Waals surface area contributed by atoms with Crippen LogP contribution in [0.15, 0.2) is 48.8 Å². The average molecular weight is 238 g/mol. The second kappa shape index (κ2) is 4.14. The van der Waals surface area contributed by atoms with Crippen LogP contribution in [0.4, 0.5) is 11.6 Å². The summed E-state index contributed by atoms with van der Waals surface area (Å²) in [5.41, 5.74) is 3.16. The van der Waals surface area contributed by atoms with Crippen LogP contribution in [0.1, 0.15) is 0 Å². The maximum atomic E-state index is 4.65. The minimum absolute atomic E-state index is 0.907. The van der Waals surface area contributed by atoms with Crippen molar-refractivity contribution < 1.29 is 0 Å². The summed E-state index contributed by atoms with van der Waals surface area (Å²) in [7, 11) is 4.02. The Bertz CT molecular complexity index is 673. The number of nitrogens with zero attached hydrogens (tertiary/aromatic N) is 4. The second-order valence-corrected chi connectivity index (χ2v) is 4.23. The highest BCUT2D eigenvalue weighted by Gasteiger charge is 2.12. The normalized spacial score (nSPS) is 10.8. The molecule has 0 spiro atoms. The molecular weight excluding hydrogens is 224 g/mol. The van der Waals surface area contributed by atoms with Crippen molar-refractivity contribution in [3.63, 3.8) is 0 Å². The minimum Gasteiger partial charge on any atom is -0.314 e. The first-order valence-corrected chi connectivity index (χ1v) is 5.82. The second-order valence-electron chi connectivity index (χ2n) is 4.23. The molecule has 0 N–H and O–H groups in total. The summed E-state index contributed by atoms with van der Waals surface area (Å²) < 4.78 is 2.09. The molecule has 18 heavy (non-hydrogen) atoms. The lowest BCUT2D eigenvalue weighted by Crippen LogP contribution is -2.14. The molecule has 90 valence electrons. The van der Waals surface area contributed by atoms with Crippen molar-refractivity contribution in [1.82, 2.24) is 14.5 Å². The number of anilines is 2. The van der Waals surface area contributed by atoms with Gasteiger partial charge in [-0.1, -0.05) is 12.1 Å². The SMILES string of the molecule is CN(c1cccnc1)c1nc2ccccc2n1C. The Morgan fingerprint density at radius 1 is 1.11 bits per heavy atom. The van der Waals surface area contributed by atoms with Crippen LogP contribution in [0.5, 0.6) is 0 Å². The quantitative estimate of drug-likeness (QED) is 0.688. The highest BCUT2D eigenvalue weighted by atomic mass is 15.3. The van der Waals surface area contributed by atoms with E-state index >= 15 is 0 Å². The number of pyridine rings is 1. The Morgan fingerprint density at radius 3 is 2.67 bits per heavy atom. The third-order valence-electron chi connectivity index (χ3n) is 3.10. The van der Waals surface area contributed by atoms with E-state index in [4.69, 9.17) is 0 Å². The molecule has 0 saturated heterocycles. The molecule has 3 aromatic rings. The van der Waals surface area contributed by atoms with Crippen LogP contribution in [-0.4, -0.2) is 21.6 Å². The minimum atomic E-state index is 0.907. The van der Waals surface area contributed by atoms with E-state index in [1.165, 1.54) is 0 Å². The maximum absolute atomic E-state index is 4.65. The molecule has 0 aliphatic heterocycles. The molecule has 3 rings (SSSR count). The van der Waals surface area contributed by atoms with E-state index in [-0.39, 0.29) is 0 Å². The van der Waals surface area contributed by atoms with Gasteiger partial charge in [0, 0.05) is 20.3 Å². The van der Waals surface area contributed by atoms with Gasteiger partial charge in [-0.3, -0.25) is 4.98 Å². The number of benzene rings is 1. The van der Waals surface area contributed by atoms with E-state index in [1.54, 1.807) is 6.20 Å². The zero-order chi connectivity index (χ0) is 12.5. The molecule has 0 radical (unpaired) electrons. The summed E-state index contributed by atoms with van der Waals surface area (Å²) in [4.78, 5) is 10.8. The molecule has 2 heterocycles. The molecular formula is C14H14N4. The zero-order valence-electron chi connectivity index (χ0n) is 10.4. The Morgan fingerprint density at radius 2 is 1.94 bits per heavy atom. The summed E-state index contributed by atoms with van der Waals surface area (Å²) >= 11 is 0. The average Bonchev–Trinajstić information content (AvgIpc) is 2.77. The number of aromatic nitrogens is 3. The first-order chi connectivity index (χ1) is 8.77. The van der Waals surface area contributed by atoms with Gasteiger partial charge in [-0.2, -0.15) is 0 Å². The fourth-order valence-electron chi connectivity index (χ4n) is 2.10. The predicted molar refractivity (Wildman–Crippen MR) is 73.0 cm³/mol. The lowest BCUT2D eigenvalue weighted by atomic mass is 10.3. The molecule has 0 amide bonds. The zero-order valence-corrected chi connectivity index (χ0v) is 10.4. The largest absolute Gasteiger partial charge is 0.314 e. The van der Waals surface area contributed by atoms with Gasteiger partial charge in [-0.15, -0.1) is 0 Å².